The average molecular weight is 328 g/mol. The second kappa shape index (κ2) is 6.36. The van der Waals surface area contributed by atoms with Crippen LogP contribution in [0.2, 0.25) is 0 Å². The van der Waals surface area contributed by atoms with Gasteiger partial charge < -0.3 is 14.6 Å². The molecular formula is C18H24N4O2. The van der Waals surface area contributed by atoms with Crippen LogP contribution in [0.3, 0.4) is 0 Å². The Morgan fingerprint density at radius 2 is 2.21 bits per heavy atom. The van der Waals surface area contributed by atoms with Crippen molar-refractivity contribution in [1.29, 1.82) is 0 Å². The predicted octanol–water partition coefficient (Wildman–Crippen LogP) is 2.40. The van der Waals surface area contributed by atoms with Crippen LogP contribution in [-0.4, -0.2) is 39.7 Å². The molecule has 1 N–H and O–H groups in total. The lowest BCUT2D eigenvalue weighted by atomic mass is 10.1. The summed E-state index contributed by atoms with van der Waals surface area (Å²) in [5.74, 6) is 1.48. The van der Waals surface area contributed by atoms with Gasteiger partial charge in [-0.05, 0) is 39.3 Å². The van der Waals surface area contributed by atoms with E-state index in [2.05, 4.69) is 40.6 Å². The van der Waals surface area contributed by atoms with Crippen molar-refractivity contribution in [2.75, 3.05) is 18.0 Å². The lowest BCUT2D eigenvalue weighted by molar-refractivity contribution is -0.0751. The minimum absolute atomic E-state index is 0.135. The maximum absolute atomic E-state index is 11.7. The third-order valence-electron chi connectivity index (χ3n) is 4.07. The molecule has 3 heterocycles. The molecule has 0 spiro atoms. The van der Waals surface area contributed by atoms with E-state index < -0.39 is 0 Å². The van der Waals surface area contributed by atoms with E-state index in [-0.39, 0.29) is 17.3 Å². The van der Waals surface area contributed by atoms with Crippen LogP contribution in [0.15, 0.2) is 29.2 Å². The van der Waals surface area contributed by atoms with E-state index >= 15 is 0 Å². The lowest BCUT2D eigenvalue weighted by Crippen LogP contribution is -2.52. The Bertz CT molecular complexity index is 767. The van der Waals surface area contributed by atoms with Gasteiger partial charge in [0.2, 0.25) is 0 Å². The molecule has 0 unspecified atom stereocenters. The number of morpholine rings is 1. The van der Waals surface area contributed by atoms with Crippen LogP contribution in [0.5, 0.6) is 0 Å². The Hall–Kier alpha value is -2.21. The average Bonchev–Trinajstić information content (AvgIpc) is 2.52. The Labute approximate surface area is 141 Å². The Morgan fingerprint density at radius 3 is 2.83 bits per heavy atom. The third kappa shape index (κ3) is 3.64. The number of aryl methyl sites for hydroxylation is 1. The van der Waals surface area contributed by atoms with Crippen molar-refractivity contribution in [3.05, 3.63) is 40.4 Å². The van der Waals surface area contributed by atoms with Crippen LogP contribution in [0.4, 0.5) is 5.82 Å². The van der Waals surface area contributed by atoms with E-state index in [0.29, 0.717) is 5.82 Å². The van der Waals surface area contributed by atoms with Crippen molar-refractivity contribution in [3.8, 4) is 11.4 Å². The van der Waals surface area contributed by atoms with Crippen LogP contribution in [-0.2, 0) is 11.2 Å². The largest absolute Gasteiger partial charge is 0.369 e. The van der Waals surface area contributed by atoms with Crippen molar-refractivity contribution in [2.45, 2.75) is 45.8 Å². The third-order valence-corrected chi connectivity index (χ3v) is 4.07. The molecule has 2 aromatic heterocycles. The van der Waals surface area contributed by atoms with Gasteiger partial charge in [0, 0.05) is 36.6 Å². The first kappa shape index (κ1) is 16.6. The number of ether oxygens (including phenoxy) is 1. The number of H-pyrrole nitrogens is 1. The Morgan fingerprint density at radius 1 is 1.42 bits per heavy atom. The number of nitrogens with one attached hydrogen (secondary N) is 1. The fourth-order valence-electron chi connectivity index (χ4n) is 3.17. The first-order valence-corrected chi connectivity index (χ1v) is 8.36. The number of nitrogens with zero attached hydrogens (tertiary/aromatic N) is 3. The smallest absolute Gasteiger partial charge is 0.251 e. The molecule has 0 saturated carbocycles. The van der Waals surface area contributed by atoms with E-state index in [1.54, 1.807) is 6.20 Å². The fraction of sp³-hybridized carbons (Fsp3) is 0.500. The molecule has 2 aromatic rings. The zero-order valence-corrected chi connectivity index (χ0v) is 14.7. The van der Waals surface area contributed by atoms with Crippen molar-refractivity contribution < 1.29 is 4.74 Å². The standard InChI is InChI=1S/C18H24N4O2/c1-5-14-8-16(23)21-17(20-14)13-6-7-15(19-9-13)22-10-12(2)24-18(3,4)11-22/h6-9,12H,5,10-11H2,1-4H3,(H,20,21,23)/t12-/m0/s1. The summed E-state index contributed by atoms with van der Waals surface area (Å²) in [5, 5.41) is 0. The summed E-state index contributed by atoms with van der Waals surface area (Å²) < 4.78 is 5.94. The summed E-state index contributed by atoms with van der Waals surface area (Å²) in [7, 11) is 0. The van der Waals surface area contributed by atoms with E-state index in [1.165, 1.54) is 6.07 Å². The van der Waals surface area contributed by atoms with Gasteiger partial charge in [-0.1, -0.05) is 6.92 Å². The molecule has 128 valence electrons. The highest BCUT2D eigenvalue weighted by molar-refractivity contribution is 5.56. The number of anilines is 1. The van der Waals surface area contributed by atoms with Crippen LogP contribution in [0.25, 0.3) is 11.4 Å². The molecule has 0 radical (unpaired) electrons. The Balaban J connectivity index is 1.86. The van der Waals surface area contributed by atoms with Gasteiger partial charge in [0.15, 0.2) is 0 Å². The van der Waals surface area contributed by atoms with Gasteiger partial charge in [-0.15, -0.1) is 0 Å². The molecule has 0 aliphatic carbocycles. The quantitative estimate of drug-likeness (QED) is 0.937. The van der Waals surface area contributed by atoms with Crippen LogP contribution >= 0.6 is 0 Å². The molecule has 24 heavy (non-hydrogen) atoms. The summed E-state index contributed by atoms with van der Waals surface area (Å²) in [6.07, 6.45) is 2.65. The van der Waals surface area contributed by atoms with Gasteiger partial charge in [0.25, 0.3) is 5.56 Å². The second-order valence-electron chi connectivity index (χ2n) is 6.91. The minimum Gasteiger partial charge on any atom is -0.369 e. The van der Waals surface area contributed by atoms with Gasteiger partial charge in [0.1, 0.15) is 11.6 Å². The molecule has 1 fully saturated rings. The second-order valence-corrected chi connectivity index (χ2v) is 6.91. The highest BCUT2D eigenvalue weighted by Gasteiger charge is 2.31. The van der Waals surface area contributed by atoms with E-state index in [0.717, 1.165) is 36.6 Å². The zero-order chi connectivity index (χ0) is 17.3. The molecule has 1 aliphatic heterocycles. The molecule has 0 bridgehead atoms. The zero-order valence-electron chi connectivity index (χ0n) is 14.7. The topological polar surface area (TPSA) is 71.1 Å². The van der Waals surface area contributed by atoms with Crippen molar-refractivity contribution in [2.24, 2.45) is 0 Å². The molecule has 6 heteroatoms. The molecular weight excluding hydrogens is 304 g/mol. The summed E-state index contributed by atoms with van der Waals surface area (Å²) >= 11 is 0. The molecule has 1 saturated heterocycles. The molecule has 0 aromatic carbocycles. The first-order chi connectivity index (χ1) is 11.4. The van der Waals surface area contributed by atoms with Crippen molar-refractivity contribution >= 4 is 5.82 Å². The van der Waals surface area contributed by atoms with Crippen molar-refractivity contribution in [1.82, 2.24) is 15.0 Å². The lowest BCUT2D eigenvalue weighted by Gasteiger charge is -2.42. The van der Waals surface area contributed by atoms with E-state index in [1.807, 2.05) is 19.1 Å². The number of pyridine rings is 1. The Kier molecular flexibility index (Phi) is 4.41. The fourth-order valence-corrected chi connectivity index (χ4v) is 3.17. The number of aromatic nitrogens is 3. The molecule has 6 nitrogen and oxygen atoms in total. The number of rotatable bonds is 3. The SMILES string of the molecule is CCc1cc(=O)[nH]c(-c2ccc(N3C[C@H](C)OC(C)(C)C3)nc2)n1. The number of aromatic amines is 1. The number of hydrogen-bond donors (Lipinski definition) is 1. The van der Waals surface area contributed by atoms with Gasteiger partial charge in [-0.2, -0.15) is 0 Å². The summed E-state index contributed by atoms with van der Waals surface area (Å²) in [5.41, 5.74) is 1.26. The summed E-state index contributed by atoms with van der Waals surface area (Å²) in [4.78, 5) is 25.8. The normalized spacial score (nSPS) is 20.2. The highest BCUT2D eigenvalue weighted by atomic mass is 16.5. The van der Waals surface area contributed by atoms with Crippen LogP contribution in [0, 0.1) is 0 Å². The summed E-state index contributed by atoms with van der Waals surface area (Å²) in [6.45, 7) is 9.85. The van der Waals surface area contributed by atoms with Crippen molar-refractivity contribution in [3.63, 3.8) is 0 Å². The van der Waals surface area contributed by atoms with E-state index in [9.17, 15) is 4.79 Å². The molecule has 0 amide bonds. The van der Waals surface area contributed by atoms with Gasteiger partial charge in [-0.3, -0.25) is 4.79 Å². The van der Waals surface area contributed by atoms with Gasteiger partial charge in [-0.25, -0.2) is 9.97 Å². The monoisotopic (exact) mass is 328 g/mol. The maximum Gasteiger partial charge on any atom is 0.251 e. The molecule has 3 rings (SSSR count). The maximum atomic E-state index is 11.7. The minimum atomic E-state index is -0.194. The number of hydrogen-bond acceptors (Lipinski definition) is 5. The van der Waals surface area contributed by atoms with Gasteiger partial charge in [0.05, 0.1) is 11.7 Å². The van der Waals surface area contributed by atoms with Gasteiger partial charge >= 0.3 is 0 Å². The summed E-state index contributed by atoms with van der Waals surface area (Å²) in [6, 6.07) is 5.46. The highest BCUT2D eigenvalue weighted by Crippen LogP contribution is 2.25. The first-order valence-electron chi connectivity index (χ1n) is 8.36. The molecule has 1 aliphatic rings. The van der Waals surface area contributed by atoms with E-state index in [4.69, 9.17) is 4.74 Å². The molecule has 1 atom stereocenters. The predicted molar refractivity (Wildman–Crippen MR) is 94.3 cm³/mol. The van der Waals surface area contributed by atoms with Crippen LogP contribution in [0.1, 0.15) is 33.4 Å². The van der Waals surface area contributed by atoms with Crippen LogP contribution < -0.4 is 10.5 Å².